The summed E-state index contributed by atoms with van der Waals surface area (Å²) in [5.74, 6) is 0.698. The van der Waals surface area contributed by atoms with Crippen molar-refractivity contribution < 1.29 is 13.2 Å². The molecule has 0 amide bonds. The summed E-state index contributed by atoms with van der Waals surface area (Å²) in [4.78, 5) is 9.66. The van der Waals surface area contributed by atoms with E-state index in [4.69, 9.17) is 0 Å². The van der Waals surface area contributed by atoms with Gasteiger partial charge < -0.3 is 4.90 Å². The van der Waals surface area contributed by atoms with Crippen molar-refractivity contribution in [2.24, 2.45) is 16.8 Å². The molecule has 3 atom stereocenters. The Balaban J connectivity index is 1.82. The van der Waals surface area contributed by atoms with Crippen molar-refractivity contribution in [2.45, 2.75) is 25.1 Å². The molecule has 2 aliphatic rings. The molecule has 3 rings (SSSR count). The van der Waals surface area contributed by atoms with Crippen LogP contribution in [0.2, 0.25) is 0 Å². The highest BCUT2D eigenvalue weighted by Gasteiger charge is 2.42. The monoisotopic (exact) mass is 313 g/mol. The van der Waals surface area contributed by atoms with Crippen LogP contribution in [-0.4, -0.2) is 29.3 Å². The van der Waals surface area contributed by atoms with Crippen LogP contribution in [0.1, 0.15) is 18.5 Å². The van der Waals surface area contributed by atoms with E-state index in [2.05, 4.69) is 27.4 Å². The van der Waals surface area contributed by atoms with E-state index in [0.717, 1.165) is 18.9 Å². The summed E-state index contributed by atoms with van der Waals surface area (Å²) < 4.78 is 38.2. The second-order valence-electron chi connectivity index (χ2n) is 5.61. The summed E-state index contributed by atoms with van der Waals surface area (Å²) in [7, 11) is 0. The summed E-state index contributed by atoms with van der Waals surface area (Å²) in [6.45, 7) is 1.42. The molecule has 0 spiro atoms. The topological polar surface area (TPSA) is 28.5 Å². The zero-order valence-electron chi connectivity index (χ0n) is 11.2. The minimum absolute atomic E-state index is 0.183. The van der Waals surface area contributed by atoms with E-state index >= 15 is 0 Å². The maximum atomic E-state index is 12.7. The number of pyridine rings is 1. The van der Waals surface area contributed by atoms with Crippen molar-refractivity contribution in [1.82, 2.24) is 4.98 Å². The van der Waals surface area contributed by atoms with Crippen molar-refractivity contribution >= 4 is 23.1 Å². The van der Waals surface area contributed by atoms with E-state index in [1.54, 1.807) is 6.07 Å². The average molecular weight is 313 g/mol. The van der Waals surface area contributed by atoms with E-state index < -0.39 is 11.9 Å². The minimum Gasteiger partial charge on any atom is -0.371 e. The number of isothiocyanates is 1. The van der Waals surface area contributed by atoms with Gasteiger partial charge >= 0.3 is 6.18 Å². The van der Waals surface area contributed by atoms with Crippen molar-refractivity contribution in [1.29, 1.82) is 0 Å². The fourth-order valence-corrected chi connectivity index (χ4v) is 3.57. The quantitative estimate of drug-likeness (QED) is 0.619. The predicted molar refractivity (Wildman–Crippen MR) is 76.5 cm³/mol. The molecule has 3 nitrogen and oxygen atoms in total. The number of hydrogen-bond acceptors (Lipinski definition) is 4. The Morgan fingerprint density at radius 1 is 1.29 bits per heavy atom. The molecule has 1 aromatic rings. The van der Waals surface area contributed by atoms with E-state index in [1.807, 2.05) is 4.90 Å². The minimum atomic E-state index is -4.41. The third-order valence-electron chi connectivity index (χ3n) is 4.38. The van der Waals surface area contributed by atoms with E-state index in [-0.39, 0.29) is 6.04 Å². The Morgan fingerprint density at radius 3 is 2.52 bits per heavy atom. The smallest absolute Gasteiger partial charge is 0.371 e. The molecule has 1 aliphatic carbocycles. The van der Waals surface area contributed by atoms with Gasteiger partial charge in [-0.15, -0.1) is 0 Å². The number of piperidine rings is 1. The first-order valence-electron chi connectivity index (χ1n) is 6.84. The van der Waals surface area contributed by atoms with Gasteiger partial charge in [-0.05, 0) is 49.0 Å². The predicted octanol–water partition coefficient (Wildman–Crippen LogP) is 3.42. The Kier molecular flexibility index (Phi) is 3.71. The van der Waals surface area contributed by atoms with Crippen LogP contribution < -0.4 is 4.90 Å². The first-order chi connectivity index (χ1) is 9.99. The van der Waals surface area contributed by atoms with Crippen molar-refractivity contribution in [2.75, 3.05) is 18.0 Å². The van der Waals surface area contributed by atoms with E-state index in [0.29, 0.717) is 30.6 Å². The van der Waals surface area contributed by atoms with Gasteiger partial charge in [0.15, 0.2) is 0 Å². The maximum Gasteiger partial charge on any atom is 0.433 e. The number of thiocarbonyl (C=S) groups is 1. The fraction of sp³-hybridized carbons (Fsp3) is 0.571. The number of rotatable bonds is 2. The molecule has 1 unspecified atom stereocenters. The normalized spacial score (nSPS) is 28.3. The van der Waals surface area contributed by atoms with Gasteiger partial charge in [-0.3, -0.25) is 4.98 Å². The number of halogens is 3. The molecule has 2 heterocycles. The number of aromatic nitrogens is 1. The molecule has 7 heteroatoms. The fourth-order valence-electron chi connectivity index (χ4n) is 3.45. The second kappa shape index (κ2) is 5.39. The summed E-state index contributed by atoms with van der Waals surface area (Å²) in [6, 6.07) is 2.95. The molecule has 2 bridgehead atoms. The summed E-state index contributed by atoms with van der Waals surface area (Å²) in [5, 5.41) is 2.45. The Morgan fingerprint density at radius 2 is 1.95 bits per heavy atom. The molecule has 0 aromatic carbocycles. The molecular weight excluding hydrogens is 299 g/mol. The third-order valence-corrected chi connectivity index (χ3v) is 4.49. The zero-order valence-corrected chi connectivity index (χ0v) is 12.0. The highest BCUT2D eigenvalue weighted by molar-refractivity contribution is 7.78. The molecule has 112 valence electrons. The summed E-state index contributed by atoms with van der Waals surface area (Å²) in [6.07, 6.45) is -1.09. The Labute approximate surface area is 125 Å². The van der Waals surface area contributed by atoms with E-state index in [1.165, 1.54) is 6.20 Å². The number of aliphatic imine (C=N–C) groups is 1. The molecule has 1 saturated heterocycles. The number of hydrogen-bond donors (Lipinski definition) is 0. The van der Waals surface area contributed by atoms with Crippen LogP contribution in [0.5, 0.6) is 0 Å². The van der Waals surface area contributed by atoms with Crippen LogP contribution in [0.15, 0.2) is 23.3 Å². The lowest BCUT2D eigenvalue weighted by Gasteiger charge is -2.37. The summed E-state index contributed by atoms with van der Waals surface area (Å²) in [5.41, 5.74) is -0.259. The summed E-state index contributed by atoms with van der Waals surface area (Å²) >= 11 is 4.68. The second-order valence-corrected chi connectivity index (χ2v) is 5.79. The van der Waals surface area contributed by atoms with Gasteiger partial charge in [0.25, 0.3) is 0 Å². The standard InChI is InChI=1S/C14H14F3N3S/c15-14(16,17)12-5-11(3-4-18-12)20-6-9-1-2-10(7-20)13(9)19-8-21/h3-5,9-10,13H,1-2,6-7H2/t9-,10+,13?. The molecule has 0 radical (unpaired) electrons. The van der Waals surface area contributed by atoms with Crippen LogP contribution in [0.25, 0.3) is 0 Å². The van der Waals surface area contributed by atoms with Crippen molar-refractivity contribution in [3.05, 3.63) is 24.0 Å². The van der Waals surface area contributed by atoms with Crippen molar-refractivity contribution in [3.63, 3.8) is 0 Å². The van der Waals surface area contributed by atoms with Crippen LogP contribution in [0.3, 0.4) is 0 Å². The highest BCUT2D eigenvalue weighted by Crippen LogP contribution is 2.41. The zero-order chi connectivity index (χ0) is 15.0. The van der Waals surface area contributed by atoms with Crippen LogP contribution >= 0.6 is 12.2 Å². The lowest BCUT2D eigenvalue weighted by Crippen LogP contribution is -2.44. The third kappa shape index (κ3) is 2.80. The van der Waals surface area contributed by atoms with E-state index in [9.17, 15) is 13.2 Å². The van der Waals surface area contributed by atoms with Crippen LogP contribution in [0.4, 0.5) is 18.9 Å². The largest absolute Gasteiger partial charge is 0.433 e. The molecule has 1 saturated carbocycles. The molecule has 2 fully saturated rings. The molecular formula is C14H14F3N3S. The van der Waals surface area contributed by atoms with Crippen molar-refractivity contribution in [3.8, 4) is 0 Å². The van der Waals surface area contributed by atoms with Crippen LogP contribution in [0, 0.1) is 11.8 Å². The SMILES string of the molecule is FC(F)(F)c1cc(N2C[C@H]3CC[C@@H](C2)C3N=C=S)ccn1. The molecule has 0 N–H and O–H groups in total. The molecule has 1 aliphatic heterocycles. The Bertz CT molecular complexity index is 569. The lowest BCUT2D eigenvalue weighted by atomic mass is 9.92. The number of alkyl halides is 3. The molecule has 1 aromatic heterocycles. The Hall–Kier alpha value is -1.46. The first-order valence-corrected chi connectivity index (χ1v) is 7.25. The van der Waals surface area contributed by atoms with Gasteiger partial charge in [0.2, 0.25) is 0 Å². The van der Waals surface area contributed by atoms with Gasteiger partial charge in [-0.1, -0.05) is 0 Å². The van der Waals surface area contributed by atoms with Gasteiger partial charge in [-0.2, -0.15) is 13.2 Å². The number of nitrogens with zero attached hydrogens (tertiary/aromatic N) is 3. The first kappa shape index (κ1) is 14.5. The molecule has 21 heavy (non-hydrogen) atoms. The number of anilines is 1. The van der Waals surface area contributed by atoms with Gasteiger partial charge in [0.1, 0.15) is 5.69 Å². The van der Waals surface area contributed by atoms with Gasteiger partial charge in [0, 0.05) is 25.0 Å². The van der Waals surface area contributed by atoms with Crippen LogP contribution in [-0.2, 0) is 6.18 Å². The van der Waals surface area contributed by atoms with Gasteiger partial charge in [-0.25, -0.2) is 4.99 Å². The lowest BCUT2D eigenvalue weighted by molar-refractivity contribution is -0.141. The number of fused-ring (bicyclic) bond motifs is 2. The van der Waals surface area contributed by atoms with Gasteiger partial charge in [0.05, 0.1) is 11.2 Å². The maximum absolute atomic E-state index is 12.7. The average Bonchev–Trinajstić information content (AvgIpc) is 2.69. The highest BCUT2D eigenvalue weighted by atomic mass is 32.1.